The number of nitrogens with zero attached hydrogens (tertiary/aromatic N) is 2. The summed E-state index contributed by atoms with van der Waals surface area (Å²) in [7, 11) is 0. The SMILES string of the molecule is CC(C)(C)c1nc[c]cn1. The van der Waals surface area contributed by atoms with Crippen molar-refractivity contribution in [2.45, 2.75) is 26.2 Å². The topological polar surface area (TPSA) is 25.8 Å². The molecule has 0 saturated heterocycles. The highest BCUT2D eigenvalue weighted by Crippen LogP contribution is 2.15. The summed E-state index contributed by atoms with van der Waals surface area (Å²) in [5, 5.41) is 0. The van der Waals surface area contributed by atoms with Crippen LogP contribution in [-0.4, -0.2) is 9.97 Å². The number of hydrogen-bond donors (Lipinski definition) is 0. The minimum absolute atomic E-state index is 0.0507. The molecule has 0 aliphatic carbocycles. The van der Waals surface area contributed by atoms with E-state index in [1.54, 1.807) is 12.4 Å². The van der Waals surface area contributed by atoms with Gasteiger partial charge in [-0.2, -0.15) is 0 Å². The predicted octanol–water partition coefficient (Wildman–Crippen LogP) is 1.57. The average molecular weight is 135 g/mol. The lowest BCUT2D eigenvalue weighted by Gasteiger charge is -2.14. The number of hydrogen-bond acceptors (Lipinski definition) is 2. The second kappa shape index (κ2) is 2.37. The van der Waals surface area contributed by atoms with Crippen LogP contribution in [0.4, 0.5) is 0 Å². The molecule has 2 nitrogen and oxygen atoms in total. The molecule has 0 aliphatic rings. The van der Waals surface area contributed by atoms with Crippen molar-refractivity contribution < 1.29 is 0 Å². The summed E-state index contributed by atoms with van der Waals surface area (Å²) in [5.41, 5.74) is 0.0507. The van der Waals surface area contributed by atoms with E-state index in [2.05, 4.69) is 36.8 Å². The zero-order valence-corrected chi connectivity index (χ0v) is 6.55. The first kappa shape index (κ1) is 7.19. The molecule has 0 N–H and O–H groups in total. The van der Waals surface area contributed by atoms with E-state index >= 15 is 0 Å². The van der Waals surface area contributed by atoms with Crippen molar-refractivity contribution in [2.75, 3.05) is 0 Å². The summed E-state index contributed by atoms with van der Waals surface area (Å²) >= 11 is 0. The predicted molar refractivity (Wildman–Crippen MR) is 39.6 cm³/mol. The third-order valence-electron chi connectivity index (χ3n) is 1.19. The summed E-state index contributed by atoms with van der Waals surface area (Å²) < 4.78 is 0. The van der Waals surface area contributed by atoms with Crippen LogP contribution in [0.15, 0.2) is 12.4 Å². The van der Waals surface area contributed by atoms with Gasteiger partial charge in [-0.1, -0.05) is 20.8 Å². The Morgan fingerprint density at radius 3 is 2.00 bits per heavy atom. The van der Waals surface area contributed by atoms with Crippen LogP contribution in [-0.2, 0) is 5.41 Å². The molecule has 2 heteroatoms. The molecular formula is C8H11N2. The zero-order chi connectivity index (χ0) is 7.61. The van der Waals surface area contributed by atoms with Gasteiger partial charge < -0.3 is 0 Å². The van der Waals surface area contributed by atoms with Crippen LogP contribution in [0, 0.1) is 6.07 Å². The average Bonchev–Trinajstić information content (AvgIpc) is 1.88. The smallest absolute Gasteiger partial charge is 0.133 e. The fourth-order valence-electron chi connectivity index (χ4n) is 0.651. The van der Waals surface area contributed by atoms with Crippen molar-refractivity contribution in [3.63, 3.8) is 0 Å². The Balaban J connectivity index is 2.97. The molecule has 0 amide bonds. The summed E-state index contributed by atoms with van der Waals surface area (Å²) in [6.07, 6.45) is 3.29. The van der Waals surface area contributed by atoms with Crippen molar-refractivity contribution in [3.05, 3.63) is 24.3 Å². The Morgan fingerprint density at radius 1 is 1.20 bits per heavy atom. The van der Waals surface area contributed by atoms with Crippen LogP contribution in [0.3, 0.4) is 0 Å². The summed E-state index contributed by atoms with van der Waals surface area (Å²) in [6.45, 7) is 6.26. The molecule has 1 heterocycles. The molecule has 0 fully saturated rings. The van der Waals surface area contributed by atoms with Gasteiger partial charge in [-0.3, -0.25) is 0 Å². The highest BCUT2D eigenvalue weighted by atomic mass is 14.9. The molecule has 0 aromatic carbocycles. The van der Waals surface area contributed by atoms with Gasteiger partial charge in [-0.15, -0.1) is 0 Å². The van der Waals surface area contributed by atoms with Gasteiger partial charge in [0, 0.05) is 23.9 Å². The van der Waals surface area contributed by atoms with Crippen molar-refractivity contribution in [3.8, 4) is 0 Å². The van der Waals surface area contributed by atoms with E-state index in [9.17, 15) is 0 Å². The molecule has 1 aromatic rings. The second-order valence-electron chi connectivity index (χ2n) is 3.26. The minimum Gasteiger partial charge on any atom is -0.240 e. The highest BCUT2D eigenvalue weighted by Gasteiger charge is 2.15. The summed E-state index contributed by atoms with van der Waals surface area (Å²) in [5.74, 6) is 0.867. The molecular weight excluding hydrogens is 124 g/mol. The van der Waals surface area contributed by atoms with Crippen LogP contribution in [0.25, 0.3) is 0 Å². The van der Waals surface area contributed by atoms with Crippen LogP contribution < -0.4 is 0 Å². The first-order chi connectivity index (χ1) is 4.61. The number of aromatic nitrogens is 2. The van der Waals surface area contributed by atoms with E-state index in [1.165, 1.54) is 0 Å². The molecule has 0 bridgehead atoms. The molecule has 0 saturated carbocycles. The molecule has 53 valence electrons. The molecule has 1 aromatic heterocycles. The summed E-state index contributed by atoms with van der Waals surface area (Å²) in [6, 6.07) is 2.78. The van der Waals surface area contributed by atoms with Crippen LogP contribution in [0.1, 0.15) is 26.6 Å². The second-order valence-corrected chi connectivity index (χ2v) is 3.26. The largest absolute Gasteiger partial charge is 0.240 e. The highest BCUT2D eigenvalue weighted by molar-refractivity contribution is 5.00. The maximum atomic E-state index is 4.08. The van der Waals surface area contributed by atoms with E-state index < -0.39 is 0 Å². The number of rotatable bonds is 0. The van der Waals surface area contributed by atoms with E-state index in [1.807, 2.05) is 0 Å². The van der Waals surface area contributed by atoms with Crippen LogP contribution in [0.2, 0.25) is 0 Å². The van der Waals surface area contributed by atoms with E-state index in [-0.39, 0.29) is 5.41 Å². The van der Waals surface area contributed by atoms with E-state index in [0.717, 1.165) is 5.82 Å². The fraction of sp³-hybridized carbons (Fsp3) is 0.500. The molecule has 10 heavy (non-hydrogen) atoms. The molecule has 0 unspecified atom stereocenters. The maximum absolute atomic E-state index is 4.08. The Bertz CT molecular complexity index is 198. The van der Waals surface area contributed by atoms with Gasteiger partial charge in [0.25, 0.3) is 0 Å². The van der Waals surface area contributed by atoms with Crippen molar-refractivity contribution in [2.24, 2.45) is 0 Å². The van der Waals surface area contributed by atoms with Gasteiger partial charge in [0.2, 0.25) is 0 Å². The third kappa shape index (κ3) is 1.53. The minimum atomic E-state index is 0.0507. The van der Waals surface area contributed by atoms with Crippen molar-refractivity contribution in [1.29, 1.82) is 0 Å². The van der Waals surface area contributed by atoms with Gasteiger partial charge in [-0.25, -0.2) is 9.97 Å². The van der Waals surface area contributed by atoms with Crippen LogP contribution >= 0.6 is 0 Å². The monoisotopic (exact) mass is 135 g/mol. The van der Waals surface area contributed by atoms with E-state index in [0.29, 0.717) is 0 Å². The van der Waals surface area contributed by atoms with Crippen LogP contribution in [0.5, 0.6) is 0 Å². The lowest BCUT2D eigenvalue weighted by atomic mass is 9.96. The van der Waals surface area contributed by atoms with Gasteiger partial charge >= 0.3 is 0 Å². The third-order valence-corrected chi connectivity index (χ3v) is 1.19. The fourth-order valence-corrected chi connectivity index (χ4v) is 0.651. The molecule has 1 rings (SSSR count). The Hall–Kier alpha value is -0.920. The van der Waals surface area contributed by atoms with Crippen molar-refractivity contribution in [1.82, 2.24) is 9.97 Å². The van der Waals surface area contributed by atoms with Gasteiger partial charge in [0.15, 0.2) is 0 Å². The lowest BCUT2D eigenvalue weighted by molar-refractivity contribution is 0.545. The zero-order valence-electron chi connectivity index (χ0n) is 6.55. The standard InChI is InChI=1S/C8H11N2/c1-8(2,3)7-9-5-4-6-10-7/h5-6H,1-3H3. The Kier molecular flexibility index (Phi) is 1.70. The molecule has 0 aliphatic heterocycles. The van der Waals surface area contributed by atoms with Gasteiger partial charge in [0.05, 0.1) is 0 Å². The lowest BCUT2D eigenvalue weighted by Crippen LogP contribution is -2.15. The first-order valence-corrected chi connectivity index (χ1v) is 3.29. The Labute approximate surface area is 61.3 Å². The normalized spacial score (nSPS) is 11.5. The first-order valence-electron chi connectivity index (χ1n) is 3.29. The molecule has 0 spiro atoms. The maximum Gasteiger partial charge on any atom is 0.133 e. The molecule has 0 atom stereocenters. The van der Waals surface area contributed by atoms with Gasteiger partial charge in [0.1, 0.15) is 5.82 Å². The Morgan fingerprint density at radius 2 is 1.70 bits per heavy atom. The van der Waals surface area contributed by atoms with Gasteiger partial charge in [-0.05, 0) is 0 Å². The van der Waals surface area contributed by atoms with Crippen molar-refractivity contribution >= 4 is 0 Å². The molecule has 1 radical (unpaired) electrons. The summed E-state index contributed by atoms with van der Waals surface area (Å²) in [4.78, 5) is 8.17. The quantitative estimate of drug-likeness (QED) is 0.539. The van der Waals surface area contributed by atoms with E-state index in [4.69, 9.17) is 0 Å².